The van der Waals surface area contributed by atoms with Crippen LogP contribution in [0.4, 0.5) is 0 Å². The van der Waals surface area contributed by atoms with E-state index in [-0.39, 0.29) is 0 Å². The van der Waals surface area contributed by atoms with Crippen molar-refractivity contribution in [3.63, 3.8) is 0 Å². The van der Waals surface area contributed by atoms with Crippen LogP contribution in [0.15, 0.2) is 60.4 Å². The largest absolute Gasteiger partial charge is 0.512 e. The summed E-state index contributed by atoms with van der Waals surface area (Å²) in [5.74, 6) is 0.962. The molecule has 0 atom stereocenters. The molecule has 1 aliphatic carbocycles. The predicted octanol–water partition coefficient (Wildman–Crippen LogP) is 8.37. The Hall–Kier alpha value is -1.50. The van der Waals surface area contributed by atoms with Crippen molar-refractivity contribution in [3.8, 4) is 0 Å². The summed E-state index contributed by atoms with van der Waals surface area (Å²) in [6.45, 7) is 2.28. The fraction of sp³-hybridized carbons (Fsp3) is 0.600. The summed E-state index contributed by atoms with van der Waals surface area (Å²) in [5.41, 5.74) is 0. The highest BCUT2D eigenvalue weighted by atomic mass is 16.3. The van der Waals surface area contributed by atoms with Crippen molar-refractivity contribution < 1.29 is 5.11 Å². The van der Waals surface area contributed by atoms with Gasteiger partial charge in [0.05, 0.1) is 5.76 Å². The van der Waals surface area contributed by atoms with Gasteiger partial charge in [0, 0.05) is 5.92 Å². The van der Waals surface area contributed by atoms with Crippen molar-refractivity contribution in [2.24, 2.45) is 5.92 Å². The average molecular weight is 357 g/mol. The number of hydrogen-bond acceptors (Lipinski definition) is 1. The zero-order valence-corrected chi connectivity index (χ0v) is 16.9. The number of allylic oxidation sites excluding steroid dienone is 10. The molecular formula is C25H40O. The van der Waals surface area contributed by atoms with Gasteiger partial charge < -0.3 is 5.11 Å². The summed E-state index contributed by atoms with van der Waals surface area (Å²) >= 11 is 0. The minimum absolute atomic E-state index is 0.434. The van der Waals surface area contributed by atoms with Gasteiger partial charge in [-0.15, -0.1) is 0 Å². The molecule has 1 rings (SSSR count). The van der Waals surface area contributed by atoms with Crippen LogP contribution in [-0.4, -0.2) is 5.11 Å². The van der Waals surface area contributed by atoms with Gasteiger partial charge in [-0.2, -0.15) is 0 Å². The van der Waals surface area contributed by atoms with Crippen molar-refractivity contribution in [2.75, 3.05) is 0 Å². The van der Waals surface area contributed by atoms with Crippen LogP contribution in [0.3, 0.4) is 0 Å². The molecule has 146 valence electrons. The average Bonchev–Trinajstić information content (AvgIpc) is 3.48. The molecule has 1 saturated carbocycles. The summed E-state index contributed by atoms with van der Waals surface area (Å²) in [6, 6.07) is 0. The van der Waals surface area contributed by atoms with Crippen LogP contribution in [0.2, 0.25) is 0 Å². The van der Waals surface area contributed by atoms with Crippen LogP contribution in [0, 0.1) is 5.92 Å². The maximum atomic E-state index is 9.60. The van der Waals surface area contributed by atoms with Gasteiger partial charge in [0.15, 0.2) is 0 Å². The Morgan fingerprint density at radius 1 is 0.692 bits per heavy atom. The lowest BCUT2D eigenvalue weighted by Crippen LogP contribution is -1.81. The lowest BCUT2D eigenvalue weighted by molar-refractivity contribution is 0.379. The third-order valence-corrected chi connectivity index (χ3v) is 4.79. The molecular weight excluding hydrogens is 316 g/mol. The molecule has 0 aliphatic heterocycles. The molecule has 0 unspecified atom stereocenters. The van der Waals surface area contributed by atoms with Gasteiger partial charge in [0.2, 0.25) is 0 Å². The number of unbranched alkanes of at least 4 members (excludes halogenated alkanes) is 10. The number of rotatable bonds is 16. The molecule has 1 aliphatic rings. The predicted molar refractivity (Wildman–Crippen MR) is 116 cm³/mol. The second-order valence-electron chi connectivity index (χ2n) is 7.42. The van der Waals surface area contributed by atoms with Crippen molar-refractivity contribution in [1.29, 1.82) is 0 Å². The summed E-state index contributed by atoms with van der Waals surface area (Å²) in [7, 11) is 0. The Morgan fingerprint density at radius 3 is 1.77 bits per heavy atom. The summed E-state index contributed by atoms with van der Waals surface area (Å²) in [4.78, 5) is 0. The monoisotopic (exact) mass is 356 g/mol. The summed E-state index contributed by atoms with van der Waals surface area (Å²) in [6.07, 6.45) is 35.7. The topological polar surface area (TPSA) is 20.2 Å². The Balaban J connectivity index is 1.87. The molecule has 1 fully saturated rings. The molecule has 1 nitrogen and oxygen atoms in total. The van der Waals surface area contributed by atoms with E-state index in [1.165, 1.54) is 70.6 Å². The maximum absolute atomic E-state index is 9.60. The molecule has 26 heavy (non-hydrogen) atoms. The lowest BCUT2D eigenvalue weighted by Gasteiger charge is -2.01. The quantitative estimate of drug-likeness (QED) is 0.167. The molecule has 0 aromatic rings. The van der Waals surface area contributed by atoms with E-state index in [9.17, 15) is 5.11 Å². The molecule has 1 N–H and O–H groups in total. The zero-order valence-electron chi connectivity index (χ0n) is 16.9. The van der Waals surface area contributed by atoms with Crippen LogP contribution >= 0.6 is 0 Å². The number of aliphatic hydroxyl groups is 1. The highest BCUT2D eigenvalue weighted by molar-refractivity contribution is 5.20. The smallest absolute Gasteiger partial charge is 0.0953 e. The van der Waals surface area contributed by atoms with E-state index >= 15 is 0 Å². The van der Waals surface area contributed by atoms with Crippen molar-refractivity contribution >= 4 is 0 Å². The van der Waals surface area contributed by atoms with E-state index in [2.05, 4.69) is 25.2 Å². The minimum atomic E-state index is 0.434. The zero-order chi connectivity index (χ0) is 18.7. The van der Waals surface area contributed by atoms with Gasteiger partial charge in [-0.05, 0) is 31.8 Å². The van der Waals surface area contributed by atoms with Crippen LogP contribution in [-0.2, 0) is 0 Å². The molecule has 0 radical (unpaired) electrons. The van der Waals surface area contributed by atoms with Gasteiger partial charge in [-0.1, -0.05) is 113 Å². The standard InChI is InChI=1S/C25H40O/c1-2-3-4-5-6-7-8-9-10-11-12-13-14-15-16-17-18-19-20-21-25(26)24-22-23-24/h13-21,24,26H,2-12,22-23H2,1H3. The molecule has 0 spiro atoms. The first kappa shape index (κ1) is 22.5. The van der Waals surface area contributed by atoms with Gasteiger partial charge in [0.1, 0.15) is 0 Å². The molecule has 0 aromatic carbocycles. The summed E-state index contributed by atoms with van der Waals surface area (Å²) < 4.78 is 0. The van der Waals surface area contributed by atoms with Crippen molar-refractivity contribution in [1.82, 2.24) is 0 Å². The van der Waals surface area contributed by atoms with Gasteiger partial charge in [0.25, 0.3) is 0 Å². The lowest BCUT2D eigenvalue weighted by atomic mass is 10.1. The summed E-state index contributed by atoms with van der Waals surface area (Å²) in [5, 5.41) is 9.60. The van der Waals surface area contributed by atoms with E-state index in [4.69, 9.17) is 0 Å². The fourth-order valence-electron chi connectivity index (χ4n) is 2.91. The molecule has 0 saturated heterocycles. The Labute approximate surface area is 162 Å². The van der Waals surface area contributed by atoms with Crippen LogP contribution in [0.5, 0.6) is 0 Å². The SMILES string of the molecule is CCCCCCCCCCCCC=CC=CC=CC=CC=C(O)C1CC1. The number of aliphatic hydroxyl groups excluding tert-OH is 1. The van der Waals surface area contributed by atoms with Crippen LogP contribution in [0.1, 0.15) is 90.4 Å². The van der Waals surface area contributed by atoms with Gasteiger partial charge in [-0.3, -0.25) is 0 Å². The van der Waals surface area contributed by atoms with Crippen molar-refractivity contribution in [3.05, 3.63) is 60.4 Å². The molecule has 0 aromatic heterocycles. The van der Waals surface area contributed by atoms with E-state index in [0.29, 0.717) is 11.7 Å². The second kappa shape index (κ2) is 16.9. The Morgan fingerprint density at radius 2 is 1.19 bits per heavy atom. The van der Waals surface area contributed by atoms with E-state index in [1.54, 1.807) is 6.08 Å². The van der Waals surface area contributed by atoms with E-state index in [0.717, 1.165) is 12.8 Å². The van der Waals surface area contributed by atoms with Gasteiger partial charge in [-0.25, -0.2) is 0 Å². The minimum Gasteiger partial charge on any atom is -0.512 e. The van der Waals surface area contributed by atoms with Crippen LogP contribution < -0.4 is 0 Å². The third kappa shape index (κ3) is 14.8. The Kier molecular flexibility index (Phi) is 14.7. The second-order valence-corrected chi connectivity index (χ2v) is 7.42. The highest BCUT2D eigenvalue weighted by Crippen LogP contribution is 2.34. The molecule has 1 heteroatoms. The van der Waals surface area contributed by atoms with E-state index < -0.39 is 0 Å². The molecule has 0 amide bonds. The Bertz CT molecular complexity index is 461. The first-order valence-corrected chi connectivity index (χ1v) is 10.9. The molecule has 0 heterocycles. The number of hydrogen-bond donors (Lipinski definition) is 1. The van der Waals surface area contributed by atoms with Gasteiger partial charge >= 0.3 is 0 Å². The third-order valence-electron chi connectivity index (χ3n) is 4.79. The van der Waals surface area contributed by atoms with Crippen LogP contribution in [0.25, 0.3) is 0 Å². The molecule has 0 bridgehead atoms. The first-order valence-electron chi connectivity index (χ1n) is 10.9. The maximum Gasteiger partial charge on any atom is 0.0953 e. The van der Waals surface area contributed by atoms with Crippen molar-refractivity contribution in [2.45, 2.75) is 90.4 Å². The van der Waals surface area contributed by atoms with E-state index in [1.807, 2.05) is 30.4 Å². The highest BCUT2D eigenvalue weighted by Gasteiger charge is 2.24. The first-order chi connectivity index (χ1) is 12.8. The fourth-order valence-corrected chi connectivity index (χ4v) is 2.91. The normalized spacial score (nSPS) is 16.1.